The molecule has 1 unspecified atom stereocenters. The van der Waals surface area contributed by atoms with Crippen molar-refractivity contribution in [3.8, 4) is 0 Å². The lowest BCUT2D eigenvalue weighted by molar-refractivity contribution is -0.134. The third-order valence-electron chi connectivity index (χ3n) is 5.09. The Morgan fingerprint density at radius 3 is 2.65 bits per heavy atom. The molecule has 1 saturated carbocycles. The molecule has 1 aliphatic heterocycles. The molecule has 23 heavy (non-hydrogen) atoms. The Hall–Kier alpha value is -1.46. The monoisotopic (exact) mass is 320 g/mol. The van der Waals surface area contributed by atoms with Crippen LogP contribution in [0.25, 0.3) is 0 Å². The van der Waals surface area contributed by atoms with Crippen molar-refractivity contribution in [2.75, 3.05) is 26.2 Å². The number of amides is 1. The third-order valence-corrected chi connectivity index (χ3v) is 5.09. The second-order valence-corrected chi connectivity index (χ2v) is 6.63. The van der Waals surface area contributed by atoms with Crippen LogP contribution >= 0.6 is 0 Å². The van der Waals surface area contributed by atoms with Gasteiger partial charge in [0, 0.05) is 25.0 Å². The highest BCUT2D eigenvalue weighted by atomic mass is 19.1. The predicted octanol–water partition coefficient (Wildman–Crippen LogP) is 2.13. The van der Waals surface area contributed by atoms with Crippen molar-refractivity contribution in [2.45, 2.75) is 43.6 Å². The maximum absolute atomic E-state index is 13.2. The van der Waals surface area contributed by atoms with E-state index in [2.05, 4.69) is 10.6 Å². The van der Waals surface area contributed by atoms with Crippen LogP contribution in [0.3, 0.4) is 0 Å². The summed E-state index contributed by atoms with van der Waals surface area (Å²) >= 11 is 0. The molecule has 4 nitrogen and oxygen atoms in total. The minimum Gasteiger partial charge on any atom is -0.366 e. The second-order valence-electron chi connectivity index (χ2n) is 6.63. The van der Waals surface area contributed by atoms with Crippen LogP contribution in [0.4, 0.5) is 4.39 Å². The van der Waals surface area contributed by atoms with E-state index in [1.165, 1.54) is 18.6 Å². The number of ether oxygens (including phenoxy) is 1. The van der Waals surface area contributed by atoms with E-state index in [-0.39, 0.29) is 17.1 Å². The molecular formula is C18H25FN2O2. The number of hydrogen-bond acceptors (Lipinski definition) is 3. The number of carbonyl (C=O) groups is 1. The quantitative estimate of drug-likeness (QED) is 0.893. The fourth-order valence-corrected chi connectivity index (χ4v) is 3.70. The van der Waals surface area contributed by atoms with E-state index >= 15 is 0 Å². The first kappa shape index (κ1) is 16.4. The van der Waals surface area contributed by atoms with Crippen LogP contribution in [0, 0.1) is 5.82 Å². The predicted molar refractivity (Wildman–Crippen MR) is 86.8 cm³/mol. The molecule has 1 amide bonds. The van der Waals surface area contributed by atoms with Gasteiger partial charge in [-0.05, 0) is 30.5 Å². The van der Waals surface area contributed by atoms with Gasteiger partial charge in [0.15, 0.2) is 0 Å². The SMILES string of the molecule is O=C(NCC1(c2ccc(F)cc2)CCCCC1)C1CNCCO1. The fourth-order valence-electron chi connectivity index (χ4n) is 3.70. The molecule has 0 aromatic heterocycles. The van der Waals surface area contributed by atoms with Crippen molar-refractivity contribution in [1.29, 1.82) is 0 Å². The Labute approximate surface area is 136 Å². The maximum Gasteiger partial charge on any atom is 0.250 e. The fraction of sp³-hybridized carbons (Fsp3) is 0.611. The minimum absolute atomic E-state index is 0.0516. The Balaban J connectivity index is 1.69. The van der Waals surface area contributed by atoms with Gasteiger partial charge in [-0.2, -0.15) is 0 Å². The summed E-state index contributed by atoms with van der Waals surface area (Å²) in [5, 5.41) is 6.25. The highest BCUT2D eigenvalue weighted by molar-refractivity contribution is 5.81. The summed E-state index contributed by atoms with van der Waals surface area (Å²) in [6, 6.07) is 6.76. The van der Waals surface area contributed by atoms with E-state index in [4.69, 9.17) is 4.74 Å². The average Bonchev–Trinajstić information content (AvgIpc) is 2.62. The first-order valence-corrected chi connectivity index (χ1v) is 8.56. The van der Waals surface area contributed by atoms with E-state index in [0.717, 1.165) is 37.8 Å². The summed E-state index contributed by atoms with van der Waals surface area (Å²) in [5.74, 6) is -0.269. The summed E-state index contributed by atoms with van der Waals surface area (Å²) in [7, 11) is 0. The van der Waals surface area contributed by atoms with E-state index in [1.54, 1.807) is 0 Å². The molecule has 2 fully saturated rings. The topological polar surface area (TPSA) is 50.4 Å². The molecule has 1 aromatic carbocycles. The maximum atomic E-state index is 13.2. The second kappa shape index (κ2) is 7.41. The molecule has 2 N–H and O–H groups in total. The van der Waals surface area contributed by atoms with Gasteiger partial charge in [0.2, 0.25) is 5.91 Å². The molecule has 1 saturated heterocycles. The summed E-state index contributed by atoms with van der Waals surface area (Å²) in [6.07, 6.45) is 5.18. The normalized spacial score (nSPS) is 24.1. The van der Waals surface area contributed by atoms with Crippen LogP contribution in [0.5, 0.6) is 0 Å². The lowest BCUT2D eigenvalue weighted by Crippen LogP contribution is -2.51. The van der Waals surface area contributed by atoms with E-state index in [9.17, 15) is 9.18 Å². The van der Waals surface area contributed by atoms with Gasteiger partial charge in [0.25, 0.3) is 0 Å². The minimum atomic E-state index is -0.405. The molecular weight excluding hydrogens is 295 g/mol. The Morgan fingerprint density at radius 1 is 1.26 bits per heavy atom. The molecule has 1 atom stereocenters. The molecule has 0 radical (unpaired) electrons. The number of carbonyl (C=O) groups excluding carboxylic acids is 1. The molecule has 2 aliphatic rings. The molecule has 0 bridgehead atoms. The number of hydrogen-bond donors (Lipinski definition) is 2. The Bertz CT molecular complexity index is 520. The average molecular weight is 320 g/mol. The van der Waals surface area contributed by atoms with Gasteiger partial charge < -0.3 is 15.4 Å². The van der Waals surface area contributed by atoms with Gasteiger partial charge >= 0.3 is 0 Å². The lowest BCUT2D eigenvalue weighted by atomic mass is 9.69. The highest BCUT2D eigenvalue weighted by Gasteiger charge is 2.35. The Kier molecular flexibility index (Phi) is 5.28. The molecule has 1 aromatic rings. The van der Waals surface area contributed by atoms with Crippen LogP contribution in [-0.2, 0) is 14.9 Å². The zero-order valence-corrected chi connectivity index (χ0v) is 13.4. The van der Waals surface area contributed by atoms with Crippen molar-refractivity contribution in [2.24, 2.45) is 0 Å². The van der Waals surface area contributed by atoms with E-state index in [1.807, 2.05) is 12.1 Å². The summed E-state index contributed by atoms with van der Waals surface area (Å²) < 4.78 is 18.8. The van der Waals surface area contributed by atoms with Crippen LogP contribution in [0.15, 0.2) is 24.3 Å². The lowest BCUT2D eigenvalue weighted by Gasteiger charge is -2.38. The first-order valence-electron chi connectivity index (χ1n) is 8.56. The zero-order valence-electron chi connectivity index (χ0n) is 13.4. The van der Waals surface area contributed by atoms with Crippen molar-refractivity contribution >= 4 is 5.91 Å². The van der Waals surface area contributed by atoms with E-state index < -0.39 is 6.10 Å². The van der Waals surface area contributed by atoms with Gasteiger partial charge in [0.1, 0.15) is 11.9 Å². The molecule has 0 spiro atoms. The number of benzene rings is 1. The number of nitrogens with one attached hydrogen (secondary N) is 2. The van der Waals surface area contributed by atoms with Crippen LogP contribution in [0.2, 0.25) is 0 Å². The number of rotatable bonds is 4. The number of morpholine rings is 1. The van der Waals surface area contributed by atoms with Gasteiger partial charge in [0.05, 0.1) is 6.61 Å². The molecule has 1 heterocycles. The van der Waals surface area contributed by atoms with Gasteiger partial charge in [-0.3, -0.25) is 4.79 Å². The van der Waals surface area contributed by atoms with Crippen molar-refractivity contribution < 1.29 is 13.9 Å². The van der Waals surface area contributed by atoms with Crippen LogP contribution < -0.4 is 10.6 Å². The smallest absolute Gasteiger partial charge is 0.250 e. The van der Waals surface area contributed by atoms with Crippen LogP contribution in [-0.4, -0.2) is 38.3 Å². The first-order chi connectivity index (χ1) is 11.2. The van der Waals surface area contributed by atoms with Crippen LogP contribution in [0.1, 0.15) is 37.7 Å². The van der Waals surface area contributed by atoms with E-state index in [0.29, 0.717) is 19.7 Å². The van der Waals surface area contributed by atoms with Crippen molar-refractivity contribution in [3.05, 3.63) is 35.6 Å². The van der Waals surface area contributed by atoms with Gasteiger partial charge in [-0.1, -0.05) is 31.4 Å². The molecule has 3 rings (SSSR count). The summed E-state index contributed by atoms with van der Waals surface area (Å²) in [5.41, 5.74) is 1.05. The van der Waals surface area contributed by atoms with Crippen molar-refractivity contribution in [1.82, 2.24) is 10.6 Å². The van der Waals surface area contributed by atoms with Gasteiger partial charge in [-0.15, -0.1) is 0 Å². The molecule has 126 valence electrons. The zero-order chi connectivity index (χ0) is 16.1. The summed E-state index contributed by atoms with van der Waals surface area (Å²) in [4.78, 5) is 12.3. The standard InChI is InChI=1S/C18H25FN2O2/c19-15-6-4-14(5-7-15)18(8-2-1-3-9-18)13-21-17(22)16-12-20-10-11-23-16/h4-7,16,20H,1-3,8-13H2,(H,21,22). The number of halogens is 1. The Morgan fingerprint density at radius 2 is 2.00 bits per heavy atom. The summed E-state index contributed by atoms with van der Waals surface area (Å²) in [6.45, 7) is 2.52. The largest absolute Gasteiger partial charge is 0.366 e. The molecule has 5 heteroatoms. The highest BCUT2D eigenvalue weighted by Crippen LogP contribution is 2.39. The third kappa shape index (κ3) is 3.90. The van der Waals surface area contributed by atoms with Crippen molar-refractivity contribution in [3.63, 3.8) is 0 Å². The van der Waals surface area contributed by atoms with Gasteiger partial charge in [-0.25, -0.2) is 4.39 Å². The molecule has 1 aliphatic carbocycles.